The molecule has 4 heteroatoms. The van der Waals surface area contributed by atoms with Crippen molar-refractivity contribution in [3.63, 3.8) is 0 Å². The third kappa shape index (κ3) is 4.27. The van der Waals surface area contributed by atoms with Crippen LogP contribution < -0.4 is 4.74 Å². The van der Waals surface area contributed by atoms with Gasteiger partial charge in [0.05, 0.1) is 12.6 Å². The first kappa shape index (κ1) is 17.4. The Kier molecular flexibility index (Phi) is 5.34. The third-order valence-electron chi connectivity index (χ3n) is 3.73. The molecule has 0 aliphatic heterocycles. The Hall–Kier alpha value is -1.97. The average Bonchev–Trinajstić information content (AvgIpc) is 2.84. The SMILES string of the molecule is CCCCCc1cn(C(=O)OC(C)(C)C)c2ccc(OC)cc12. The van der Waals surface area contributed by atoms with Crippen LogP contribution in [-0.2, 0) is 11.2 Å². The van der Waals surface area contributed by atoms with E-state index in [0.29, 0.717) is 0 Å². The average molecular weight is 317 g/mol. The molecule has 0 saturated carbocycles. The molecule has 4 nitrogen and oxygen atoms in total. The maximum Gasteiger partial charge on any atom is 0.419 e. The van der Waals surface area contributed by atoms with E-state index in [2.05, 4.69) is 6.92 Å². The highest BCUT2D eigenvalue weighted by atomic mass is 16.6. The highest BCUT2D eigenvalue weighted by Gasteiger charge is 2.20. The molecule has 0 saturated heterocycles. The molecule has 126 valence electrons. The molecule has 1 aromatic heterocycles. The lowest BCUT2D eigenvalue weighted by Crippen LogP contribution is -2.26. The van der Waals surface area contributed by atoms with Crippen LogP contribution in [0.5, 0.6) is 5.75 Å². The second-order valence-electron chi connectivity index (χ2n) is 6.84. The van der Waals surface area contributed by atoms with Crippen LogP contribution in [0.15, 0.2) is 24.4 Å². The van der Waals surface area contributed by atoms with Crippen LogP contribution in [0.2, 0.25) is 0 Å². The molecule has 0 fully saturated rings. The van der Waals surface area contributed by atoms with Crippen molar-refractivity contribution in [2.45, 2.75) is 59.0 Å². The van der Waals surface area contributed by atoms with E-state index in [4.69, 9.17) is 9.47 Å². The van der Waals surface area contributed by atoms with Crippen LogP contribution in [0.1, 0.15) is 52.5 Å². The van der Waals surface area contributed by atoms with Crippen molar-refractivity contribution < 1.29 is 14.3 Å². The number of carbonyl (C=O) groups is 1. The fourth-order valence-electron chi connectivity index (χ4n) is 2.63. The van der Waals surface area contributed by atoms with Gasteiger partial charge in [-0.3, -0.25) is 4.57 Å². The zero-order valence-corrected chi connectivity index (χ0v) is 14.8. The summed E-state index contributed by atoms with van der Waals surface area (Å²) in [6.45, 7) is 7.82. The molecular formula is C19H27NO3. The molecule has 0 atom stereocenters. The lowest BCUT2D eigenvalue weighted by Gasteiger charge is -2.19. The summed E-state index contributed by atoms with van der Waals surface area (Å²) in [5.41, 5.74) is 1.52. The number of unbranched alkanes of at least 4 members (excludes halogenated alkanes) is 2. The van der Waals surface area contributed by atoms with Crippen molar-refractivity contribution in [1.82, 2.24) is 4.57 Å². The van der Waals surface area contributed by atoms with Gasteiger partial charge in [-0.15, -0.1) is 0 Å². The number of hydrogen-bond donors (Lipinski definition) is 0. The van der Waals surface area contributed by atoms with E-state index in [9.17, 15) is 4.79 Å². The Balaban J connectivity index is 2.42. The Bertz CT molecular complexity index is 680. The number of nitrogens with zero attached hydrogens (tertiary/aromatic N) is 1. The smallest absolute Gasteiger partial charge is 0.419 e. The van der Waals surface area contributed by atoms with Crippen molar-refractivity contribution >= 4 is 17.0 Å². The summed E-state index contributed by atoms with van der Waals surface area (Å²) in [6, 6.07) is 5.79. The first-order valence-electron chi connectivity index (χ1n) is 8.27. The second kappa shape index (κ2) is 7.07. The summed E-state index contributed by atoms with van der Waals surface area (Å²) in [5.74, 6) is 0.802. The molecule has 0 N–H and O–H groups in total. The molecule has 0 unspecified atom stereocenters. The number of rotatable bonds is 5. The molecule has 0 radical (unpaired) electrons. The van der Waals surface area contributed by atoms with Gasteiger partial charge in [0.25, 0.3) is 0 Å². The molecule has 0 aliphatic carbocycles. The molecule has 0 aliphatic rings. The van der Waals surface area contributed by atoms with Gasteiger partial charge in [-0.05, 0) is 57.4 Å². The Morgan fingerprint density at radius 3 is 2.57 bits per heavy atom. The van der Waals surface area contributed by atoms with Crippen molar-refractivity contribution in [3.05, 3.63) is 30.0 Å². The Morgan fingerprint density at radius 2 is 1.96 bits per heavy atom. The van der Waals surface area contributed by atoms with Gasteiger partial charge in [0.1, 0.15) is 11.4 Å². The second-order valence-corrected chi connectivity index (χ2v) is 6.84. The van der Waals surface area contributed by atoms with E-state index in [1.54, 1.807) is 11.7 Å². The number of benzene rings is 1. The number of aromatic nitrogens is 1. The molecule has 23 heavy (non-hydrogen) atoms. The predicted octanol–water partition coefficient (Wildman–Crippen LogP) is 5.17. The monoisotopic (exact) mass is 317 g/mol. The van der Waals surface area contributed by atoms with Crippen LogP contribution in [0, 0.1) is 0 Å². The number of ether oxygens (including phenoxy) is 2. The minimum Gasteiger partial charge on any atom is -0.497 e. The summed E-state index contributed by atoms with van der Waals surface area (Å²) in [6.07, 6.45) is 5.99. The van der Waals surface area contributed by atoms with Gasteiger partial charge in [0.2, 0.25) is 0 Å². The van der Waals surface area contributed by atoms with E-state index >= 15 is 0 Å². The maximum atomic E-state index is 12.5. The van der Waals surface area contributed by atoms with E-state index < -0.39 is 5.60 Å². The lowest BCUT2D eigenvalue weighted by molar-refractivity contribution is 0.0544. The van der Waals surface area contributed by atoms with Gasteiger partial charge in [0.15, 0.2) is 0 Å². The fraction of sp³-hybridized carbons (Fsp3) is 0.526. The molecule has 0 spiro atoms. The van der Waals surface area contributed by atoms with Crippen molar-refractivity contribution in [2.24, 2.45) is 0 Å². The summed E-state index contributed by atoms with van der Waals surface area (Å²) < 4.78 is 12.5. The molecule has 1 heterocycles. The summed E-state index contributed by atoms with van der Waals surface area (Å²) in [5, 5.41) is 1.06. The summed E-state index contributed by atoms with van der Waals surface area (Å²) >= 11 is 0. The number of carbonyl (C=O) groups excluding carboxylic acids is 1. The Labute approximate surface area is 138 Å². The van der Waals surface area contributed by atoms with Crippen LogP contribution in [0.3, 0.4) is 0 Å². The lowest BCUT2D eigenvalue weighted by atomic mass is 10.1. The highest BCUT2D eigenvalue weighted by Crippen LogP contribution is 2.28. The molecule has 0 amide bonds. The normalized spacial score (nSPS) is 11.7. The third-order valence-corrected chi connectivity index (χ3v) is 3.73. The van der Waals surface area contributed by atoms with Crippen molar-refractivity contribution in [2.75, 3.05) is 7.11 Å². The maximum absolute atomic E-state index is 12.5. The van der Waals surface area contributed by atoms with Gasteiger partial charge in [-0.2, -0.15) is 0 Å². The largest absolute Gasteiger partial charge is 0.497 e. The first-order chi connectivity index (χ1) is 10.9. The molecule has 1 aromatic carbocycles. The molecule has 2 aromatic rings. The van der Waals surface area contributed by atoms with E-state index in [-0.39, 0.29) is 6.09 Å². The van der Waals surface area contributed by atoms with Gasteiger partial charge >= 0.3 is 6.09 Å². The zero-order chi connectivity index (χ0) is 17.0. The number of aryl methyl sites for hydroxylation is 1. The summed E-state index contributed by atoms with van der Waals surface area (Å²) in [7, 11) is 1.66. The summed E-state index contributed by atoms with van der Waals surface area (Å²) in [4.78, 5) is 12.5. The Morgan fingerprint density at radius 1 is 1.22 bits per heavy atom. The molecule has 2 rings (SSSR count). The van der Waals surface area contributed by atoms with Crippen LogP contribution in [0.4, 0.5) is 4.79 Å². The van der Waals surface area contributed by atoms with E-state index in [1.807, 2.05) is 45.2 Å². The minimum absolute atomic E-state index is 0.339. The quantitative estimate of drug-likeness (QED) is 0.715. The number of hydrogen-bond acceptors (Lipinski definition) is 3. The van der Waals surface area contributed by atoms with Crippen LogP contribution in [0.25, 0.3) is 10.9 Å². The van der Waals surface area contributed by atoms with Crippen molar-refractivity contribution in [1.29, 1.82) is 0 Å². The minimum atomic E-state index is -0.511. The van der Waals surface area contributed by atoms with Crippen LogP contribution >= 0.6 is 0 Å². The van der Waals surface area contributed by atoms with Gasteiger partial charge in [0, 0.05) is 11.6 Å². The van der Waals surface area contributed by atoms with Gasteiger partial charge in [-0.25, -0.2) is 4.79 Å². The van der Waals surface area contributed by atoms with Gasteiger partial charge in [-0.1, -0.05) is 19.8 Å². The van der Waals surface area contributed by atoms with E-state index in [1.165, 1.54) is 18.4 Å². The number of methoxy groups -OCH3 is 1. The van der Waals surface area contributed by atoms with Crippen LogP contribution in [-0.4, -0.2) is 23.4 Å². The topological polar surface area (TPSA) is 40.5 Å². The van der Waals surface area contributed by atoms with Gasteiger partial charge < -0.3 is 9.47 Å². The van der Waals surface area contributed by atoms with E-state index in [0.717, 1.165) is 29.5 Å². The van der Waals surface area contributed by atoms with Crippen molar-refractivity contribution in [3.8, 4) is 5.75 Å². The molecular weight excluding hydrogens is 290 g/mol. The number of fused-ring (bicyclic) bond motifs is 1. The predicted molar refractivity (Wildman–Crippen MR) is 93.4 cm³/mol. The fourth-order valence-corrected chi connectivity index (χ4v) is 2.63. The highest BCUT2D eigenvalue weighted by molar-refractivity contribution is 5.92. The molecule has 0 bridgehead atoms. The zero-order valence-electron chi connectivity index (χ0n) is 14.8. The standard InChI is InChI=1S/C19H27NO3/c1-6-7-8-9-14-13-20(18(21)23-19(2,3)4)17-11-10-15(22-5)12-16(14)17/h10-13H,6-9H2,1-5H3. The first-order valence-corrected chi connectivity index (χ1v) is 8.27.